The van der Waals surface area contributed by atoms with Crippen molar-refractivity contribution in [2.45, 2.75) is 25.9 Å². The predicted molar refractivity (Wildman–Crippen MR) is 109 cm³/mol. The number of likely N-dealkylation sites (N-methyl/N-ethyl adjacent to an activating group) is 1. The third-order valence-electron chi connectivity index (χ3n) is 5.02. The lowest BCUT2D eigenvalue weighted by Crippen LogP contribution is -2.27. The lowest BCUT2D eigenvalue weighted by molar-refractivity contribution is 0.294. The van der Waals surface area contributed by atoms with E-state index in [-0.39, 0.29) is 0 Å². The van der Waals surface area contributed by atoms with Crippen LogP contribution in [0.5, 0.6) is 5.75 Å². The van der Waals surface area contributed by atoms with Crippen LogP contribution in [0.15, 0.2) is 42.5 Å². The van der Waals surface area contributed by atoms with E-state index in [1.807, 2.05) is 36.4 Å². The van der Waals surface area contributed by atoms with Crippen molar-refractivity contribution in [2.24, 2.45) is 0 Å². The maximum Gasteiger partial charge on any atom is 0.119 e. The molecule has 2 heterocycles. The molecule has 1 aromatic heterocycles. The molecule has 0 unspecified atom stereocenters. The van der Waals surface area contributed by atoms with Crippen molar-refractivity contribution in [3.8, 4) is 5.75 Å². The molecule has 0 saturated carbocycles. The van der Waals surface area contributed by atoms with Gasteiger partial charge in [0.2, 0.25) is 0 Å². The Morgan fingerprint density at radius 1 is 1.08 bits per heavy atom. The molecule has 1 aliphatic heterocycles. The van der Waals surface area contributed by atoms with E-state index in [1.54, 1.807) is 0 Å². The van der Waals surface area contributed by atoms with Crippen LogP contribution >= 0.6 is 23.2 Å². The molecule has 4 rings (SSSR count). The van der Waals surface area contributed by atoms with Crippen LogP contribution in [0.1, 0.15) is 17.7 Å². The van der Waals surface area contributed by atoms with Gasteiger partial charge in [0.15, 0.2) is 0 Å². The molecule has 0 amide bonds. The van der Waals surface area contributed by atoms with E-state index in [2.05, 4.69) is 22.6 Å². The minimum atomic E-state index is 0.667. The van der Waals surface area contributed by atoms with Crippen LogP contribution in [-0.2, 0) is 19.5 Å². The first-order valence-electron chi connectivity index (χ1n) is 8.99. The normalized spacial score (nSPS) is 14.6. The zero-order valence-electron chi connectivity index (χ0n) is 14.8. The largest absolute Gasteiger partial charge is 0.494 e. The number of nitrogens with zero attached hydrogens (tertiary/aromatic N) is 2. The number of halogens is 2. The Hall–Kier alpha value is -1.68. The molecular formula is C21H22Cl2N2O. The van der Waals surface area contributed by atoms with Crippen LogP contribution in [0.3, 0.4) is 0 Å². The van der Waals surface area contributed by atoms with E-state index in [4.69, 9.17) is 27.9 Å². The van der Waals surface area contributed by atoms with Gasteiger partial charge >= 0.3 is 0 Å². The third kappa shape index (κ3) is 3.44. The minimum absolute atomic E-state index is 0.667. The summed E-state index contributed by atoms with van der Waals surface area (Å²) in [6.07, 6.45) is 1.99. The molecule has 0 bridgehead atoms. The van der Waals surface area contributed by atoms with Gasteiger partial charge in [-0.2, -0.15) is 0 Å². The van der Waals surface area contributed by atoms with Gasteiger partial charge in [0.05, 0.1) is 17.1 Å². The molecule has 0 saturated heterocycles. The van der Waals surface area contributed by atoms with Crippen molar-refractivity contribution < 1.29 is 4.74 Å². The third-order valence-corrected chi connectivity index (χ3v) is 5.58. The van der Waals surface area contributed by atoms with Crippen molar-refractivity contribution >= 4 is 34.1 Å². The van der Waals surface area contributed by atoms with Crippen LogP contribution < -0.4 is 4.74 Å². The second kappa shape index (κ2) is 7.51. The molecular weight excluding hydrogens is 367 g/mol. The van der Waals surface area contributed by atoms with Gasteiger partial charge in [-0.1, -0.05) is 35.3 Å². The van der Waals surface area contributed by atoms with Gasteiger partial charge in [-0.3, -0.25) is 0 Å². The number of rotatable bonds is 5. The van der Waals surface area contributed by atoms with Gasteiger partial charge < -0.3 is 14.2 Å². The van der Waals surface area contributed by atoms with Gasteiger partial charge in [-0.25, -0.2) is 0 Å². The Morgan fingerprint density at radius 3 is 2.69 bits per heavy atom. The summed E-state index contributed by atoms with van der Waals surface area (Å²) in [7, 11) is 2.18. The Bertz CT molecular complexity index is 918. The number of hydrogen-bond donors (Lipinski definition) is 0. The fraction of sp³-hybridized carbons (Fsp3) is 0.333. The number of aryl methyl sites for hydroxylation is 1. The average molecular weight is 389 g/mol. The second-order valence-corrected chi connectivity index (χ2v) is 7.70. The Kier molecular flexibility index (Phi) is 5.12. The number of fused-ring (bicyclic) bond motifs is 3. The summed E-state index contributed by atoms with van der Waals surface area (Å²) in [5.41, 5.74) is 4.02. The van der Waals surface area contributed by atoms with Crippen LogP contribution in [0.25, 0.3) is 10.9 Å². The topological polar surface area (TPSA) is 17.4 Å². The highest BCUT2D eigenvalue weighted by Gasteiger charge is 2.23. The van der Waals surface area contributed by atoms with Gasteiger partial charge in [-0.15, -0.1) is 0 Å². The Morgan fingerprint density at radius 2 is 1.88 bits per heavy atom. The highest BCUT2D eigenvalue weighted by atomic mass is 35.5. The van der Waals surface area contributed by atoms with Gasteiger partial charge in [0.25, 0.3) is 0 Å². The zero-order valence-corrected chi connectivity index (χ0v) is 16.4. The standard InChI is InChI=1S/C21H22Cl2N2O/c1-24-12-10-20-18(14-24)17-4-2-5-19(23)21(17)25(20)11-3-13-26-16-8-6-15(22)7-9-16/h2,4-9H,3,10-14H2,1H3. The highest BCUT2D eigenvalue weighted by Crippen LogP contribution is 2.34. The zero-order chi connectivity index (χ0) is 18.1. The Balaban J connectivity index is 1.53. The van der Waals surface area contributed by atoms with Crippen LogP contribution in [0.4, 0.5) is 0 Å². The summed E-state index contributed by atoms with van der Waals surface area (Å²) in [5.74, 6) is 0.855. The van der Waals surface area contributed by atoms with E-state index < -0.39 is 0 Å². The molecule has 0 fully saturated rings. The molecule has 0 radical (unpaired) electrons. The lowest BCUT2D eigenvalue weighted by Gasteiger charge is -2.24. The lowest BCUT2D eigenvalue weighted by atomic mass is 10.1. The fourth-order valence-electron chi connectivity index (χ4n) is 3.78. The Labute approximate surface area is 164 Å². The smallest absolute Gasteiger partial charge is 0.119 e. The van der Waals surface area contributed by atoms with E-state index in [0.717, 1.165) is 48.3 Å². The van der Waals surface area contributed by atoms with Crippen molar-refractivity contribution in [1.82, 2.24) is 9.47 Å². The minimum Gasteiger partial charge on any atom is -0.494 e. The molecule has 3 nitrogen and oxygen atoms in total. The molecule has 0 N–H and O–H groups in total. The molecule has 0 atom stereocenters. The molecule has 5 heteroatoms. The number of hydrogen-bond acceptors (Lipinski definition) is 2. The maximum absolute atomic E-state index is 6.56. The van der Waals surface area contributed by atoms with Gasteiger partial charge in [0.1, 0.15) is 5.75 Å². The monoisotopic (exact) mass is 388 g/mol. The summed E-state index contributed by atoms with van der Waals surface area (Å²) in [4.78, 5) is 2.37. The van der Waals surface area contributed by atoms with Gasteiger partial charge in [-0.05, 0) is 49.4 Å². The summed E-state index contributed by atoms with van der Waals surface area (Å²) in [6, 6.07) is 13.7. The number of para-hydroxylation sites is 1. The van der Waals surface area contributed by atoms with E-state index in [9.17, 15) is 0 Å². The van der Waals surface area contributed by atoms with Crippen molar-refractivity contribution in [3.05, 3.63) is 63.8 Å². The number of benzene rings is 2. The van der Waals surface area contributed by atoms with E-state index in [0.29, 0.717) is 6.61 Å². The SMILES string of the molecule is CN1CCc2c(c3cccc(Cl)c3n2CCCOc2ccc(Cl)cc2)C1. The molecule has 1 aliphatic rings. The predicted octanol–water partition coefficient (Wildman–Crippen LogP) is 5.41. The first-order chi connectivity index (χ1) is 12.6. The maximum atomic E-state index is 6.56. The summed E-state index contributed by atoms with van der Waals surface area (Å²) >= 11 is 12.5. The summed E-state index contributed by atoms with van der Waals surface area (Å²) < 4.78 is 8.26. The number of aromatic nitrogens is 1. The average Bonchev–Trinajstić information content (AvgIpc) is 2.95. The molecule has 2 aromatic carbocycles. The van der Waals surface area contributed by atoms with Crippen molar-refractivity contribution in [1.29, 1.82) is 0 Å². The quantitative estimate of drug-likeness (QED) is 0.544. The molecule has 136 valence electrons. The van der Waals surface area contributed by atoms with Crippen molar-refractivity contribution in [3.63, 3.8) is 0 Å². The second-order valence-electron chi connectivity index (χ2n) is 6.86. The van der Waals surface area contributed by atoms with E-state index in [1.165, 1.54) is 22.2 Å². The van der Waals surface area contributed by atoms with Crippen molar-refractivity contribution in [2.75, 3.05) is 20.2 Å². The van der Waals surface area contributed by atoms with Gasteiger partial charge in [0, 0.05) is 42.2 Å². The fourth-order valence-corrected chi connectivity index (χ4v) is 4.19. The van der Waals surface area contributed by atoms with Crippen LogP contribution in [-0.4, -0.2) is 29.7 Å². The summed E-state index contributed by atoms with van der Waals surface area (Å²) in [5, 5.41) is 2.85. The number of ether oxygens (including phenoxy) is 1. The molecule has 26 heavy (non-hydrogen) atoms. The first-order valence-corrected chi connectivity index (χ1v) is 9.74. The molecule has 3 aromatic rings. The van der Waals surface area contributed by atoms with E-state index >= 15 is 0 Å². The summed E-state index contributed by atoms with van der Waals surface area (Å²) in [6.45, 7) is 3.65. The molecule has 0 aliphatic carbocycles. The van der Waals surface area contributed by atoms with Crippen LogP contribution in [0, 0.1) is 0 Å². The first kappa shape index (κ1) is 17.7. The highest BCUT2D eigenvalue weighted by molar-refractivity contribution is 6.35. The molecule has 0 spiro atoms. The van der Waals surface area contributed by atoms with Crippen LogP contribution in [0.2, 0.25) is 10.0 Å².